The van der Waals surface area contributed by atoms with Gasteiger partial charge in [0.1, 0.15) is 6.10 Å². The van der Waals surface area contributed by atoms with Gasteiger partial charge in [-0.2, -0.15) is 0 Å². The van der Waals surface area contributed by atoms with Gasteiger partial charge in [0.2, 0.25) is 0 Å². The van der Waals surface area contributed by atoms with Crippen molar-refractivity contribution >= 4 is 9.68 Å². The second-order valence-corrected chi connectivity index (χ2v) is 3.70. The molecule has 1 unspecified atom stereocenters. The molecule has 0 aliphatic carbocycles. The van der Waals surface area contributed by atoms with Crippen molar-refractivity contribution < 1.29 is 14.2 Å². The average Bonchev–Trinajstić information content (AvgIpc) is 2.08. The molecule has 0 saturated carbocycles. The predicted octanol–water partition coefficient (Wildman–Crippen LogP) is -0.990. The topological polar surface area (TPSA) is 53.7 Å². The highest BCUT2D eigenvalue weighted by Crippen LogP contribution is 2.15. The van der Waals surface area contributed by atoms with E-state index in [4.69, 9.17) is 19.6 Å². The Labute approximate surface area is 69.9 Å². The number of nitrogens with two attached hydrogens (primary N) is 1. The van der Waals surface area contributed by atoms with E-state index in [9.17, 15) is 0 Å². The fourth-order valence-electron chi connectivity index (χ4n) is 0.927. The highest BCUT2D eigenvalue weighted by atomic mass is 28.2. The minimum atomic E-state index is -0.907. The van der Waals surface area contributed by atoms with E-state index >= 15 is 0 Å². The van der Waals surface area contributed by atoms with E-state index in [0.717, 1.165) is 0 Å². The van der Waals surface area contributed by atoms with Gasteiger partial charge in [-0.1, -0.05) is 0 Å². The highest BCUT2D eigenvalue weighted by Gasteiger charge is 2.35. The van der Waals surface area contributed by atoms with Crippen molar-refractivity contribution in [2.75, 3.05) is 21.3 Å². The van der Waals surface area contributed by atoms with Crippen molar-refractivity contribution in [1.82, 2.24) is 0 Å². The lowest BCUT2D eigenvalue weighted by Crippen LogP contribution is -2.53. The molecule has 0 spiro atoms. The van der Waals surface area contributed by atoms with Gasteiger partial charge in [-0.15, -0.1) is 0 Å². The molecule has 0 aromatic rings. The van der Waals surface area contributed by atoms with Crippen molar-refractivity contribution in [3.63, 3.8) is 0 Å². The van der Waals surface area contributed by atoms with Crippen LogP contribution in [0.1, 0.15) is 6.92 Å². The van der Waals surface area contributed by atoms with Crippen LogP contribution >= 0.6 is 0 Å². The molecule has 0 aliphatic heterocycles. The molecular weight excluding hydrogens is 162 g/mol. The molecule has 0 aromatic heterocycles. The van der Waals surface area contributed by atoms with Gasteiger partial charge in [-0.3, -0.25) is 0 Å². The van der Waals surface area contributed by atoms with Crippen molar-refractivity contribution in [2.45, 2.75) is 18.4 Å². The molecule has 0 saturated heterocycles. The lowest BCUT2D eigenvalue weighted by Gasteiger charge is -2.33. The molecule has 2 N–H and O–H groups in total. The second kappa shape index (κ2) is 4.84. The molecule has 0 fully saturated rings. The fraction of sp³-hybridized carbons (Fsp3) is 1.00. The molecule has 0 radical (unpaired) electrons. The van der Waals surface area contributed by atoms with E-state index in [1.165, 1.54) is 0 Å². The van der Waals surface area contributed by atoms with Crippen LogP contribution in [-0.2, 0) is 14.2 Å². The second-order valence-electron chi connectivity index (χ2n) is 2.30. The molecule has 0 aromatic carbocycles. The molecule has 11 heavy (non-hydrogen) atoms. The molecule has 0 amide bonds. The zero-order valence-electron chi connectivity index (χ0n) is 7.59. The third-order valence-electron chi connectivity index (χ3n) is 1.95. The Bertz CT molecular complexity index is 99.7. The number of ether oxygens (including phenoxy) is 3. The van der Waals surface area contributed by atoms with Gasteiger partial charge in [-0.25, -0.2) is 0 Å². The molecule has 5 heteroatoms. The Kier molecular flexibility index (Phi) is 4.86. The van der Waals surface area contributed by atoms with Crippen LogP contribution in [0.2, 0.25) is 0 Å². The Morgan fingerprint density at radius 1 is 1.27 bits per heavy atom. The first-order valence-corrected chi connectivity index (χ1v) is 5.02. The van der Waals surface area contributed by atoms with Crippen LogP contribution in [0.4, 0.5) is 0 Å². The van der Waals surface area contributed by atoms with Gasteiger partial charge in [0.15, 0.2) is 15.1 Å². The molecule has 68 valence electrons. The smallest absolute Gasteiger partial charge is 0.184 e. The zero-order chi connectivity index (χ0) is 8.91. The van der Waals surface area contributed by atoms with Crippen molar-refractivity contribution in [3.05, 3.63) is 0 Å². The molecule has 0 bridgehead atoms. The summed E-state index contributed by atoms with van der Waals surface area (Å²) in [6.07, 6.45) is -0.117. The molecule has 0 aliphatic rings. The van der Waals surface area contributed by atoms with Crippen molar-refractivity contribution in [2.24, 2.45) is 5.40 Å². The Morgan fingerprint density at radius 3 is 1.82 bits per heavy atom. The standard InChI is InChI=1S/C6H17NO3Si/c1-5(8-2)6(9-3,10-4)11-7/h5H,7,11H2,1-4H3. The summed E-state index contributed by atoms with van der Waals surface area (Å²) in [6.45, 7) is 1.88. The van der Waals surface area contributed by atoms with Crippen LogP contribution in [0.15, 0.2) is 0 Å². The largest absolute Gasteiger partial charge is 0.377 e. The summed E-state index contributed by atoms with van der Waals surface area (Å²) >= 11 is 0. The van der Waals surface area contributed by atoms with Crippen LogP contribution in [-0.4, -0.2) is 42.5 Å². The number of methoxy groups -OCH3 is 3. The number of hydrogen-bond donors (Lipinski definition) is 1. The van der Waals surface area contributed by atoms with Crippen molar-refractivity contribution in [1.29, 1.82) is 0 Å². The van der Waals surface area contributed by atoms with Crippen LogP contribution in [0.25, 0.3) is 0 Å². The minimum absolute atomic E-state index is 0.117. The first-order valence-electron chi connectivity index (χ1n) is 3.50. The van der Waals surface area contributed by atoms with Gasteiger partial charge in [0.25, 0.3) is 0 Å². The molecule has 0 rings (SSSR count). The maximum Gasteiger partial charge on any atom is 0.184 e. The van der Waals surface area contributed by atoms with Crippen LogP contribution in [0.5, 0.6) is 0 Å². The van der Waals surface area contributed by atoms with Crippen LogP contribution < -0.4 is 5.40 Å². The summed E-state index contributed by atoms with van der Waals surface area (Å²) < 4.78 is 15.4. The first-order chi connectivity index (χ1) is 5.16. The summed E-state index contributed by atoms with van der Waals surface area (Å²) in [5.74, 6) is 0. The highest BCUT2D eigenvalue weighted by molar-refractivity contribution is 6.35. The van der Waals surface area contributed by atoms with E-state index < -0.39 is 15.1 Å². The Hall–Kier alpha value is 0.0569. The van der Waals surface area contributed by atoms with E-state index in [-0.39, 0.29) is 6.10 Å². The van der Waals surface area contributed by atoms with Crippen molar-refractivity contribution in [3.8, 4) is 0 Å². The van der Waals surface area contributed by atoms with Crippen LogP contribution in [0.3, 0.4) is 0 Å². The molecular formula is C6H17NO3Si. The summed E-state index contributed by atoms with van der Waals surface area (Å²) in [4.78, 5) is 0. The quantitative estimate of drug-likeness (QED) is 0.435. The summed E-state index contributed by atoms with van der Waals surface area (Å²) in [5, 5.41) is 5.61. The van der Waals surface area contributed by atoms with E-state index in [0.29, 0.717) is 0 Å². The van der Waals surface area contributed by atoms with Gasteiger partial charge >= 0.3 is 0 Å². The van der Waals surface area contributed by atoms with Crippen LogP contribution in [0, 0.1) is 0 Å². The lowest BCUT2D eigenvalue weighted by atomic mass is 10.4. The first kappa shape index (κ1) is 11.1. The number of hydrogen-bond acceptors (Lipinski definition) is 4. The fourth-order valence-corrected chi connectivity index (χ4v) is 1.76. The maximum absolute atomic E-state index is 5.61. The van der Waals surface area contributed by atoms with Gasteiger partial charge in [-0.05, 0) is 6.92 Å². The molecule has 1 atom stereocenters. The summed E-state index contributed by atoms with van der Waals surface area (Å²) in [5.41, 5.74) is -0.672. The molecule has 4 nitrogen and oxygen atoms in total. The minimum Gasteiger partial charge on any atom is -0.377 e. The normalized spacial score (nSPS) is 16.1. The van der Waals surface area contributed by atoms with E-state index in [2.05, 4.69) is 0 Å². The summed E-state index contributed by atoms with van der Waals surface area (Å²) in [7, 11) is 3.87. The zero-order valence-corrected chi connectivity index (χ0v) is 9.00. The van der Waals surface area contributed by atoms with E-state index in [1.807, 2.05) is 6.92 Å². The number of rotatable bonds is 5. The predicted molar refractivity (Wildman–Crippen MR) is 46.0 cm³/mol. The SMILES string of the molecule is COC(C)C(OC)(OC)[SiH2]N. The lowest BCUT2D eigenvalue weighted by molar-refractivity contribution is -0.205. The Morgan fingerprint density at radius 2 is 1.73 bits per heavy atom. The third-order valence-corrected chi connectivity index (χ3v) is 3.67. The Balaban J connectivity index is 4.26. The summed E-state index contributed by atoms with van der Waals surface area (Å²) in [6, 6.07) is 0. The molecule has 0 heterocycles. The van der Waals surface area contributed by atoms with Gasteiger partial charge in [0.05, 0.1) is 0 Å². The van der Waals surface area contributed by atoms with E-state index in [1.54, 1.807) is 21.3 Å². The van der Waals surface area contributed by atoms with Gasteiger partial charge in [0, 0.05) is 21.3 Å². The average molecular weight is 179 g/mol. The maximum atomic E-state index is 5.61. The third kappa shape index (κ3) is 2.24. The monoisotopic (exact) mass is 179 g/mol. The van der Waals surface area contributed by atoms with Gasteiger partial charge < -0.3 is 19.6 Å².